The van der Waals surface area contributed by atoms with Crippen molar-refractivity contribution in [2.45, 2.75) is 212 Å². The number of ether oxygens (including phenoxy) is 6. The second-order valence-corrected chi connectivity index (χ2v) is 20.6. The minimum absolute atomic E-state index is 0.0219. The Bertz CT molecular complexity index is 1570. The number of thiazole rings is 1. The van der Waals surface area contributed by atoms with Gasteiger partial charge < -0.3 is 69.4 Å². The quantitative estimate of drug-likeness (QED) is 0.0577. The normalized spacial score (nSPS) is 40.9. The molecule has 65 heavy (non-hydrogen) atoms. The lowest BCUT2D eigenvalue weighted by molar-refractivity contribution is -0.314. The maximum absolute atomic E-state index is 14.4. The first-order valence-electron chi connectivity index (χ1n) is 24.0. The molecule has 1 aromatic rings. The minimum Gasteiger partial charge on any atom is -0.459 e. The largest absolute Gasteiger partial charge is 0.459 e. The molecule has 0 spiro atoms. The van der Waals surface area contributed by atoms with Gasteiger partial charge in [0.15, 0.2) is 12.6 Å². The summed E-state index contributed by atoms with van der Waals surface area (Å²) in [5, 5.41) is 73.4. The molecule has 376 valence electrons. The first-order chi connectivity index (χ1) is 30.7. The van der Waals surface area contributed by atoms with Crippen LogP contribution >= 0.6 is 11.3 Å². The van der Waals surface area contributed by atoms with Crippen LogP contribution < -0.4 is 10.6 Å². The van der Waals surface area contributed by atoms with E-state index in [9.17, 15) is 30.3 Å². The topological polar surface area (TPSA) is 232 Å². The molecule has 18 heteroatoms. The molecule has 0 saturated carbocycles. The predicted molar refractivity (Wildman–Crippen MR) is 247 cm³/mol. The summed E-state index contributed by atoms with van der Waals surface area (Å²) in [5.41, 5.74) is -4.31. The number of hydrogen-bond donors (Lipinski definition) is 7. The van der Waals surface area contributed by atoms with Gasteiger partial charge >= 0.3 is 5.97 Å². The number of aliphatic hydroxyl groups excluding tert-OH is 3. The van der Waals surface area contributed by atoms with E-state index in [0.717, 1.165) is 50.3 Å². The van der Waals surface area contributed by atoms with Crippen molar-refractivity contribution in [1.29, 1.82) is 0 Å². The number of rotatable bonds is 19. The summed E-state index contributed by atoms with van der Waals surface area (Å²) in [6, 6.07) is 0. The van der Waals surface area contributed by atoms with Crippen LogP contribution in [0.25, 0.3) is 0 Å². The number of oxime groups is 1. The van der Waals surface area contributed by atoms with E-state index in [4.69, 9.17) is 33.3 Å². The fourth-order valence-electron chi connectivity index (χ4n) is 9.74. The molecule has 17 atom stereocenters. The van der Waals surface area contributed by atoms with Crippen LogP contribution in [0.1, 0.15) is 132 Å². The van der Waals surface area contributed by atoms with Gasteiger partial charge in [-0.2, -0.15) is 0 Å². The molecule has 17 nitrogen and oxygen atoms in total. The lowest BCUT2D eigenvalue weighted by atomic mass is 9.73. The molecule has 4 heterocycles. The standard InChI is InChI=1S/C47H84N4O13S/c1-12-35-47(10,57)40(53)30(4)38(51-59-23-21-48-19-15-13-14-16-20-49-27-36-50-22-24-65-36)28(2)25-45(8,56)42(64-44-34(52)18-17-29(3)60-44)31(5)39(32(6)43(55)62-35)63-37-26-46(9,58-11)41(54)33(7)61-37/h22,24,28-35,37,39-42,44,48-49,52-54,56-57H,12-21,23,25-27H2,1-11H3/b51-38+/t28-,29-,30+,31+,32-,33+,34-,35-,37+,39+,40-,41+,42-,44+,45-,46-,47-/m1/s1. The molecule has 4 rings (SSSR count). The average Bonchev–Trinajstić information content (AvgIpc) is 3.79. The Kier molecular flexibility index (Phi) is 22.0. The SMILES string of the molecule is CC[C@H]1OC(=O)[C@H](C)[C@@H](O[C@H]2C[C@@](C)(OC)[C@@H](O)[C@H](C)O2)[C@H](C)[C@@H](O[C@@H]2O[C@H](C)CC[C@H]2O)[C@](C)(O)C[C@@H](C)/C(=N\OCCNCCCCCCNCc2nccs2)[C@H](C)[C@@H](O)[C@]1(C)O. The molecule has 0 aliphatic carbocycles. The van der Waals surface area contributed by atoms with Crippen LogP contribution in [0.3, 0.4) is 0 Å². The summed E-state index contributed by atoms with van der Waals surface area (Å²) in [5.74, 6) is -3.93. The van der Waals surface area contributed by atoms with Crippen molar-refractivity contribution in [1.82, 2.24) is 15.6 Å². The summed E-state index contributed by atoms with van der Waals surface area (Å²) in [4.78, 5) is 24.5. The van der Waals surface area contributed by atoms with Gasteiger partial charge in [0.05, 0.1) is 53.4 Å². The maximum Gasteiger partial charge on any atom is 0.311 e. The monoisotopic (exact) mass is 945 g/mol. The molecule has 0 aromatic carbocycles. The van der Waals surface area contributed by atoms with Gasteiger partial charge in [-0.15, -0.1) is 11.3 Å². The number of esters is 1. The van der Waals surface area contributed by atoms with Crippen molar-refractivity contribution in [3.05, 3.63) is 16.6 Å². The van der Waals surface area contributed by atoms with Crippen LogP contribution in [0, 0.1) is 23.7 Å². The Morgan fingerprint density at radius 2 is 1.58 bits per heavy atom. The van der Waals surface area contributed by atoms with Gasteiger partial charge in [-0.25, -0.2) is 4.98 Å². The molecular weight excluding hydrogens is 861 g/mol. The Hall–Kier alpha value is -1.91. The van der Waals surface area contributed by atoms with Gasteiger partial charge in [0, 0.05) is 56.0 Å². The molecule has 0 unspecified atom stereocenters. The maximum atomic E-state index is 14.4. The van der Waals surface area contributed by atoms with Gasteiger partial charge in [-0.05, 0) is 93.2 Å². The second kappa shape index (κ2) is 25.6. The van der Waals surface area contributed by atoms with Gasteiger partial charge in [0.2, 0.25) is 0 Å². The van der Waals surface area contributed by atoms with E-state index in [1.165, 1.54) is 14.0 Å². The van der Waals surface area contributed by atoms with Crippen molar-refractivity contribution in [3.63, 3.8) is 0 Å². The van der Waals surface area contributed by atoms with Crippen molar-refractivity contribution in [2.24, 2.45) is 28.8 Å². The zero-order valence-electron chi connectivity index (χ0n) is 40.9. The summed E-state index contributed by atoms with van der Waals surface area (Å²) >= 11 is 1.65. The average molecular weight is 945 g/mol. The fourth-order valence-corrected chi connectivity index (χ4v) is 10.3. The fraction of sp³-hybridized carbons (Fsp3) is 0.894. The molecule has 0 radical (unpaired) electrons. The molecule has 3 aliphatic heterocycles. The Morgan fingerprint density at radius 3 is 2.23 bits per heavy atom. The number of nitrogens with zero attached hydrogens (tertiary/aromatic N) is 2. The van der Waals surface area contributed by atoms with Gasteiger partial charge in [0.1, 0.15) is 35.5 Å². The van der Waals surface area contributed by atoms with E-state index in [1.807, 2.05) is 25.4 Å². The summed E-state index contributed by atoms with van der Waals surface area (Å²) < 4.78 is 37.5. The molecular formula is C47H84N4O13S. The third-order valence-corrected chi connectivity index (χ3v) is 14.7. The molecule has 3 saturated heterocycles. The highest BCUT2D eigenvalue weighted by atomic mass is 32.1. The smallest absolute Gasteiger partial charge is 0.311 e. The van der Waals surface area contributed by atoms with Crippen LogP contribution in [0.15, 0.2) is 16.7 Å². The van der Waals surface area contributed by atoms with Crippen molar-refractivity contribution in [3.8, 4) is 0 Å². The van der Waals surface area contributed by atoms with E-state index >= 15 is 0 Å². The molecule has 3 aliphatic rings. The van der Waals surface area contributed by atoms with E-state index in [-0.39, 0.29) is 32.0 Å². The van der Waals surface area contributed by atoms with Crippen molar-refractivity contribution < 1.29 is 63.6 Å². The highest BCUT2D eigenvalue weighted by molar-refractivity contribution is 7.09. The zero-order chi connectivity index (χ0) is 48.1. The van der Waals surface area contributed by atoms with Gasteiger partial charge in [-0.3, -0.25) is 4.79 Å². The number of carbonyl (C=O) groups is 1. The number of nitrogens with one attached hydrogen (secondary N) is 2. The summed E-state index contributed by atoms with van der Waals surface area (Å²) in [7, 11) is 1.50. The van der Waals surface area contributed by atoms with E-state index in [0.29, 0.717) is 25.1 Å². The van der Waals surface area contributed by atoms with Gasteiger partial charge in [0.25, 0.3) is 0 Å². The second-order valence-electron chi connectivity index (χ2n) is 19.6. The van der Waals surface area contributed by atoms with Crippen LogP contribution in [-0.4, -0.2) is 154 Å². The zero-order valence-corrected chi connectivity index (χ0v) is 41.8. The van der Waals surface area contributed by atoms with Crippen molar-refractivity contribution in [2.75, 3.05) is 33.4 Å². The first kappa shape index (κ1) is 55.7. The number of methoxy groups -OCH3 is 1. The number of aromatic nitrogens is 1. The molecule has 0 bridgehead atoms. The lowest BCUT2D eigenvalue weighted by Gasteiger charge is -2.48. The third-order valence-electron chi connectivity index (χ3n) is 13.9. The number of hydrogen-bond acceptors (Lipinski definition) is 18. The third kappa shape index (κ3) is 15.3. The number of unbranched alkanes of at least 4 members (excludes halogenated alkanes) is 3. The van der Waals surface area contributed by atoms with Crippen LogP contribution in [0.2, 0.25) is 0 Å². The van der Waals surface area contributed by atoms with Crippen LogP contribution in [0.4, 0.5) is 0 Å². The van der Waals surface area contributed by atoms with E-state index in [2.05, 4.69) is 20.8 Å². The van der Waals surface area contributed by atoms with Crippen LogP contribution in [0.5, 0.6) is 0 Å². The molecule has 3 fully saturated rings. The number of cyclic esters (lactones) is 1. The minimum atomic E-state index is -1.94. The Balaban J connectivity index is 1.58. The van der Waals surface area contributed by atoms with Crippen molar-refractivity contribution >= 4 is 23.0 Å². The lowest BCUT2D eigenvalue weighted by Crippen LogP contribution is -2.60. The molecule has 7 N–H and O–H groups in total. The van der Waals surface area contributed by atoms with Crippen LogP contribution in [-0.2, 0) is 44.6 Å². The molecule has 0 amide bonds. The molecule has 1 aromatic heterocycles. The summed E-state index contributed by atoms with van der Waals surface area (Å²) in [6.45, 7) is 20.6. The van der Waals surface area contributed by atoms with E-state index in [1.54, 1.807) is 59.8 Å². The van der Waals surface area contributed by atoms with Gasteiger partial charge in [-0.1, -0.05) is 45.7 Å². The first-order valence-corrected chi connectivity index (χ1v) is 24.9. The highest BCUT2D eigenvalue weighted by Crippen LogP contribution is 2.41. The highest BCUT2D eigenvalue weighted by Gasteiger charge is 2.53. The Labute approximate surface area is 391 Å². The van der Waals surface area contributed by atoms with E-state index < -0.39 is 102 Å². The number of carbonyl (C=O) groups excluding carboxylic acids is 1. The summed E-state index contributed by atoms with van der Waals surface area (Å²) in [6.07, 6.45) is -2.25. The Morgan fingerprint density at radius 1 is 0.892 bits per heavy atom. The predicted octanol–water partition coefficient (Wildman–Crippen LogP) is 4.45. The number of aliphatic hydroxyl groups is 5.